The summed E-state index contributed by atoms with van der Waals surface area (Å²) in [5.74, 6) is 0.990. The zero-order chi connectivity index (χ0) is 15.3. The van der Waals surface area contributed by atoms with Crippen LogP contribution in [0, 0.1) is 0 Å². The summed E-state index contributed by atoms with van der Waals surface area (Å²) >= 11 is 1.64. The minimum atomic E-state index is -3.44. The van der Waals surface area contributed by atoms with Crippen LogP contribution in [0.3, 0.4) is 0 Å². The van der Waals surface area contributed by atoms with Crippen molar-refractivity contribution in [2.45, 2.75) is 43.2 Å². The quantitative estimate of drug-likeness (QED) is 0.577. The summed E-state index contributed by atoms with van der Waals surface area (Å²) in [5.41, 5.74) is 1.55. The molecule has 1 aromatic carbocycles. The Morgan fingerprint density at radius 1 is 1.29 bits per heavy atom. The average Bonchev–Trinajstić information content (AvgIpc) is 2.87. The molecular weight excluding hydrogens is 306 g/mol. The van der Waals surface area contributed by atoms with Crippen molar-refractivity contribution in [1.82, 2.24) is 14.7 Å². The third kappa shape index (κ3) is 4.21. The van der Waals surface area contributed by atoms with Crippen LogP contribution in [0.15, 0.2) is 28.3 Å². The maximum atomic E-state index is 12.2. The molecule has 0 fully saturated rings. The molecule has 7 heteroatoms. The van der Waals surface area contributed by atoms with Gasteiger partial charge in [0.2, 0.25) is 10.0 Å². The van der Waals surface area contributed by atoms with Gasteiger partial charge in [-0.3, -0.25) is 0 Å². The fraction of sp³-hybridized carbons (Fsp3) is 0.500. The molecule has 0 spiro atoms. The number of aromatic amines is 1. The molecule has 0 saturated carbocycles. The number of imidazole rings is 1. The molecule has 1 heterocycles. The molecule has 0 amide bonds. The van der Waals surface area contributed by atoms with Gasteiger partial charge in [-0.05, 0) is 31.0 Å². The van der Waals surface area contributed by atoms with Gasteiger partial charge in [-0.2, -0.15) is 0 Å². The highest BCUT2D eigenvalue weighted by molar-refractivity contribution is 7.99. The standard InChI is InChI=1S/C14H21N3O2S2/c1-3-5-8-15-21(18,19)11-6-7-12-13(10-11)17-14(16-12)20-9-4-2/h6-7,10,15H,3-5,8-9H2,1-2H3,(H,16,17). The van der Waals surface area contributed by atoms with Gasteiger partial charge in [0.15, 0.2) is 5.16 Å². The lowest BCUT2D eigenvalue weighted by Gasteiger charge is -2.05. The highest BCUT2D eigenvalue weighted by Crippen LogP contribution is 2.22. The molecule has 2 rings (SSSR count). The van der Waals surface area contributed by atoms with Crippen molar-refractivity contribution in [3.05, 3.63) is 18.2 Å². The molecule has 0 saturated heterocycles. The second-order valence-corrected chi connectivity index (χ2v) is 7.67. The van der Waals surface area contributed by atoms with Crippen molar-refractivity contribution in [3.63, 3.8) is 0 Å². The van der Waals surface area contributed by atoms with Crippen LogP contribution in [0.5, 0.6) is 0 Å². The van der Waals surface area contributed by atoms with Crippen molar-refractivity contribution in [2.75, 3.05) is 12.3 Å². The van der Waals surface area contributed by atoms with Crippen LogP contribution in [0.25, 0.3) is 11.0 Å². The van der Waals surface area contributed by atoms with E-state index in [2.05, 4.69) is 21.6 Å². The molecule has 2 aromatic rings. The minimum absolute atomic E-state index is 0.279. The normalized spacial score (nSPS) is 12.1. The summed E-state index contributed by atoms with van der Waals surface area (Å²) in [6.07, 6.45) is 2.87. The monoisotopic (exact) mass is 327 g/mol. The van der Waals surface area contributed by atoms with E-state index in [9.17, 15) is 8.42 Å². The van der Waals surface area contributed by atoms with Gasteiger partial charge in [-0.1, -0.05) is 32.0 Å². The van der Waals surface area contributed by atoms with Crippen LogP contribution >= 0.6 is 11.8 Å². The number of hydrogen-bond donors (Lipinski definition) is 2. The number of H-pyrrole nitrogens is 1. The van der Waals surface area contributed by atoms with Crippen LogP contribution in [-0.2, 0) is 10.0 Å². The number of hydrogen-bond acceptors (Lipinski definition) is 4. The molecule has 0 aliphatic heterocycles. The summed E-state index contributed by atoms with van der Waals surface area (Å²) in [7, 11) is -3.44. The van der Waals surface area contributed by atoms with Crippen molar-refractivity contribution >= 4 is 32.8 Å². The lowest BCUT2D eigenvalue weighted by Crippen LogP contribution is -2.24. The van der Waals surface area contributed by atoms with Gasteiger partial charge in [0, 0.05) is 12.3 Å². The predicted octanol–water partition coefficient (Wildman–Crippen LogP) is 3.14. The first-order valence-electron chi connectivity index (χ1n) is 7.19. The lowest BCUT2D eigenvalue weighted by molar-refractivity contribution is 0.578. The second-order valence-electron chi connectivity index (χ2n) is 4.82. The third-order valence-electron chi connectivity index (χ3n) is 3.01. The SMILES string of the molecule is CCCCNS(=O)(=O)c1ccc2nc(SCCC)[nH]c2c1. The molecule has 0 aliphatic rings. The molecule has 0 aliphatic carbocycles. The van der Waals surface area contributed by atoms with Gasteiger partial charge >= 0.3 is 0 Å². The van der Waals surface area contributed by atoms with E-state index in [1.54, 1.807) is 30.0 Å². The van der Waals surface area contributed by atoms with E-state index in [0.717, 1.165) is 41.2 Å². The molecule has 0 unspecified atom stereocenters. The number of nitrogens with zero attached hydrogens (tertiary/aromatic N) is 1. The first kappa shape index (κ1) is 16.3. The first-order chi connectivity index (χ1) is 10.1. The van der Waals surface area contributed by atoms with Crippen molar-refractivity contribution in [2.24, 2.45) is 0 Å². The van der Waals surface area contributed by atoms with E-state index >= 15 is 0 Å². The van der Waals surface area contributed by atoms with E-state index in [4.69, 9.17) is 0 Å². The molecule has 21 heavy (non-hydrogen) atoms. The average molecular weight is 327 g/mol. The number of thioether (sulfide) groups is 1. The maximum Gasteiger partial charge on any atom is 0.240 e. The molecule has 0 atom stereocenters. The molecule has 0 radical (unpaired) electrons. The summed E-state index contributed by atoms with van der Waals surface area (Å²) in [4.78, 5) is 7.89. The first-order valence-corrected chi connectivity index (χ1v) is 9.66. The smallest absolute Gasteiger partial charge is 0.240 e. The largest absolute Gasteiger partial charge is 0.333 e. The van der Waals surface area contributed by atoms with Gasteiger partial charge in [-0.15, -0.1) is 0 Å². The van der Waals surface area contributed by atoms with Gasteiger partial charge in [0.05, 0.1) is 15.9 Å². The number of nitrogens with one attached hydrogen (secondary N) is 2. The van der Waals surface area contributed by atoms with Gasteiger partial charge in [-0.25, -0.2) is 18.1 Å². The number of sulfonamides is 1. The zero-order valence-corrected chi connectivity index (χ0v) is 14.0. The molecule has 0 bridgehead atoms. The number of fused-ring (bicyclic) bond motifs is 1. The number of benzene rings is 1. The van der Waals surface area contributed by atoms with Crippen LogP contribution in [0.2, 0.25) is 0 Å². The fourth-order valence-electron chi connectivity index (χ4n) is 1.87. The van der Waals surface area contributed by atoms with E-state index in [-0.39, 0.29) is 4.90 Å². The highest BCUT2D eigenvalue weighted by atomic mass is 32.2. The van der Waals surface area contributed by atoms with Crippen LogP contribution < -0.4 is 4.72 Å². The van der Waals surface area contributed by atoms with Crippen LogP contribution in [-0.4, -0.2) is 30.7 Å². The number of rotatable bonds is 8. The summed E-state index contributed by atoms with van der Waals surface area (Å²) < 4.78 is 27.0. The van der Waals surface area contributed by atoms with E-state index in [0.29, 0.717) is 6.54 Å². The van der Waals surface area contributed by atoms with Gasteiger partial charge in [0.1, 0.15) is 0 Å². The minimum Gasteiger partial charge on any atom is -0.333 e. The predicted molar refractivity (Wildman–Crippen MR) is 87.2 cm³/mol. The van der Waals surface area contributed by atoms with Crippen LogP contribution in [0.4, 0.5) is 0 Å². The summed E-state index contributed by atoms with van der Waals surface area (Å²) in [5, 5.41) is 0.834. The summed E-state index contributed by atoms with van der Waals surface area (Å²) in [6.45, 7) is 4.61. The fourth-order valence-corrected chi connectivity index (χ4v) is 3.71. The number of aromatic nitrogens is 2. The lowest BCUT2D eigenvalue weighted by atomic mass is 10.3. The maximum absolute atomic E-state index is 12.2. The van der Waals surface area contributed by atoms with E-state index < -0.39 is 10.0 Å². The van der Waals surface area contributed by atoms with Gasteiger partial charge < -0.3 is 4.98 Å². The molecular formula is C14H21N3O2S2. The summed E-state index contributed by atoms with van der Waals surface area (Å²) in [6, 6.07) is 4.99. The Morgan fingerprint density at radius 2 is 2.10 bits per heavy atom. The van der Waals surface area contributed by atoms with Crippen molar-refractivity contribution in [3.8, 4) is 0 Å². The highest BCUT2D eigenvalue weighted by Gasteiger charge is 2.14. The zero-order valence-electron chi connectivity index (χ0n) is 12.3. The van der Waals surface area contributed by atoms with Gasteiger partial charge in [0.25, 0.3) is 0 Å². The Balaban J connectivity index is 2.21. The molecule has 1 aromatic heterocycles. The Labute approximate surface area is 130 Å². The Kier molecular flexibility index (Phi) is 5.66. The van der Waals surface area contributed by atoms with E-state index in [1.807, 2.05) is 6.92 Å². The molecule has 5 nitrogen and oxygen atoms in total. The molecule has 116 valence electrons. The Morgan fingerprint density at radius 3 is 2.81 bits per heavy atom. The topological polar surface area (TPSA) is 74.8 Å². The molecule has 2 N–H and O–H groups in total. The van der Waals surface area contributed by atoms with E-state index in [1.165, 1.54) is 0 Å². The van der Waals surface area contributed by atoms with Crippen LogP contribution in [0.1, 0.15) is 33.1 Å². The second kappa shape index (κ2) is 7.29. The van der Waals surface area contributed by atoms with Crippen molar-refractivity contribution < 1.29 is 8.42 Å². The van der Waals surface area contributed by atoms with Crippen molar-refractivity contribution in [1.29, 1.82) is 0 Å². The third-order valence-corrected chi connectivity index (χ3v) is 5.55. The Hall–Kier alpha value is -1.05. The number of unbranched alkanes of at least 4 members (excludes halogenated alkanes) is 1. The Bertz CT molecular complexity index is 695.